The second-order valence-corrected chi connectivity index (χ2v) is 17.3. The molecule has 0 spiro atoms. The maximum absolute atomic E-state index is 13.7. The van der Waals surface area contributed by atoms with E-state index in [9.17, 15) is 36.9 Å². The Kier molecular flexibility index (Phi) is 14.7. The van der Waals surface area contributed by atoms with Crippen molar-refractivity contribution in [2.24, 2.45) is 10.3 Å². The maximum Gasteiger partial charge on any atom is 0.413 e. The van der Waals surface area contributed by atoms with Gasteiger partial charge in [-0.3, -0.25) is 19.5 Å². The van der Waals surface area contributed by atoms with Crippen LogP contribution < -0.4 is 21.3 Å². The lowest BCUT2D eigenvalue weighted by Crippen LogP contribution is -2.74. The van der Waals surface area contributed by atoms with Crippen LogP contribution in [0.2, 0.25) is 0 Å². The zero-order valence-corrected chi connectivity index (χ0v) is 33.6. The number of thiazole rings is 1. The molecule has 0 unspecified atom stereocenters. The number of ether oxygens (including phenoxy) is 3. The van der Waals surface area contributed by atoms with Crippen molar-refractivity contribution in [3.63, 3.8) is 0 Å². The van der Waals surface area contributed by atoms with Crippen LogP contribution in [0.15, 0.2) is 27.5 Å². The van der Waals surface area contributed by atoms with Gasteiger partial charge >= 0.3 is 28.5 Å². The molecule has 1 fully saturated rings. The Labute approximate surface area is 317 Å². The number of β-lactam (4-membered cyclic amide) rings is 1. The number of nitrogens with zero attached hydrogens (tertiary/aromatic N) is 4. The second-order valence-electron chi connectivity index (χ2n) is 15.2. The number of rotatable bonds is 15. The minimum atomic E-state index is -5.10. The molecule has 4 amide bonds. The Morgan fingerprint density at radius 3 is 2.09 bits per heavy atom. The highest BCUT2D eigenvalue weighted by Crippen LogP contribution is 2.25. The van der Waals surface area contributed by atoms with E-state index in [0.29, 0.717) is 0 Å². The predicted octanol–water partition coefficient (Wildman–Crippen LogP) is 3.21. The number of aromatic nitrogens is 1. The van der Waals surface area contributed by atoms with E-state index in [1.807, 2.05) is 0 Å². The van der Waals surface area contributed by atoms with Crippen molar-refractivity contribution < 1.29 is 56.0 Å². The van der Waals surface area contributed by atoms with Crippen LogP contribution in [0.3, 0.4) is 0 Å². The summed E-state index contributed by atoms with van der Waals surface area (Å²) in [5, 5.41) is 18.5. The van der Waals surface area contributed by atoms with Gasteiger partial charge in [0.2, 0.25) is 5.60 Å². The Morgan fingerprint density at radius 2 is 1.56 bits per heavy atom. The van der Waals surface area contributed by atoms with E-state index in [1.54, 1.807) is 62.3 Å². The molecule has 54 heavy (non-hydrogen) atoms. The Hall–Kier alpha value is -4.90. The van der Waals surface area contributed by atoms with E-state index < -0.39 is 80.5 Å². The van der Waals surface area contributed by atoms with Gasteiger partial charge in [-0.05, 0) is 76.2 Å². The molecule has 6 N–H and O–H groups in total. The van der Waals surface area contributed by atoms with Crippen LogP contribution >= 0.6 is 11.3 Å². The van der Waals surface area contributed by atoms with Crippen LogP contribution in [0.5, 0.6) is 0 Å². The summed E-state index contributed by atoms with van der Waals surface area (Å²) in [6, 6.07) is -2.97. The van der Waals surface area contributed by atoms with Crippen molar-refractivity contribution in [2.45, 2.75) is 117 Å². The van der Waals surface area contributed by atoms with Gasteiger partial charge in [0.05, 0.1) is 11.7 Å². The Balaban J connectivity index is 2.35. The number of carbonyl (C=O) groups is 5. The molecule has 302 valence electrons. The average Bonchev–Trinajstić information content (AvgIpc) is 3.42. The van der Waals surface area contributed by atoms with Crippen LogP contribution in [0.25, 0.3) is 0 Å². The number of carbonyl (C=O) groups excluding carboxylic acids is 5. The molecule has 0 aromatic carbocycles. The van der Waals surface area contributed by atoms with Gasteiger partial charge in [0.1, 0.15) is 28.5 Å². The number of oxime groups is 1. The minimum Gasteiger partial charge on any atom is -0.457 e. The van der Waals surface area contributed by atoms with Crippen molar-refractivity contribution >= 4 is 62.5 Å². The van der Waals surface area contributed by atoms with Crippen molar-refractivity contribution in [3.8, 4) is 0 Å². The van der Waals surface area contributed by atoms with Crippen molar-refractivity contribution in [1.82, 2.24) is 25.2 Å². The topological polar surface area (TPSA) is 289 Å². The average molecular weight is 804 g/mol. The first kappa shape index (κ1) is 45.3. The molecule has 0 radical (unpaired) electrons. The van der Waals surface area contributed by atoms with E-state index in [1.165, 1.54) is 25.4 Å². The monoisotopic (exact) mass is 803 g/mol. The van der Waals surface area contributed by atoms with Gasteiger partial charge in [-0.2, -0.15) is 13.5 Å². The molecule has 1 aliphatic rings. The van der Waals surface area contributed by atoms with Crippen LogP contribution in [0.1, 0.15) is 88.3 Å². The molecule has 2 atom stereocenters. The van der Waals surface area contributed by atoms with Crippen LogP contribution in [0, 0.1) is 5.53 Å². The minimum absolute atomic E-state index is 0.0193. The molecular formula is C31H49N9O12S2. The van der Waals surface area contributed by atoms with Crippen molar-refractivity contribution in [3.05, 3.63) is 23.0 Å². The molecule has 1 aromatic heterocycles. The highest BCUT2D eigenvalue weighted by atomic mass is 32.2. The molecule has 23 heteroatoms. The summed E-state index contributed by atoms with van der Waals surface area (Å²) >= 11 is 0.876. The summed E-state index contributed by atoms with van der Waals surface area (Å²) in [6.45, 7) is 17.2. The van der Waals surface area contributed by atoms with Crippen LogP contribution in [-0.4, -0.2) is 106 Å². The van der Waals surface area contributed by atoms with E-state index in [4.69, 9.17) is 24.6 Å². The standard InChI is InChI=1S/C31H49N9O12S2/c1-28(2,3)49-24(43)31(10,11)52-39-20(18-16-53-25(35-18)37-27(45)51-30(7,8)9)22(41)36-21-19(40(23(21)42)54(46,47)48)15-33-14-17(38-32)12-13-34-26(44)50-29(4,5)6/h14,16,19,21,32-33H,12-13,15H2,1-11H3,(H,34,44)(H,36,41)(H,35,37,45)(H,46,47,48)/b17-14-,38-32?,39-20-/t19-,21+/m1/s1. The summed E-state index contributed by atoms with van der Waals surface area (Å²) in [4.78, 5) is 73.4. The number of hydrogen-bond donors (Lipinski definition) is 6. The lowest BCUT2D eigenvalue weighted by molar-refractivity contribution is -0.179. The zero-order chi connectivity index (χ0) is 41.4. The number of nitrogens with one attached hydrogen (secondary N) is 5. The van der Waals surface area contributed by atoms with Gasteiger partial charge in [0, 0.05) is 31.1 Å². The fourth-order valence-electron chi connectivity index (χ4n) is 4.07. The first-order valence-electron chi connectivity index (χ1n) is 16.4. The quantitative estimate of drug-likeness (QED) is 0.0282. The number of alkyl carbamates (subject to hydrolysis) is 1. The number of anilines is 1. The molecule has 2 rings (SSSR count). The molecule has 0 bridgehead atoms. The third-order valence-electron chi connectivity index (χ3n) is 6.32. The normalized spacial score (nSPS) is 17.1. The number of amides is 4. The van der Waals surface area contributed by atoms with Gasteiger partial charge in [0.15, 0.2) is 10.8 Å². The first-order chi connectivity index (χ1) is 24.5. The van der Waals surface area contributed by atoms with Crippen LogP contribution in [0.4, 0.5) is 14.7 Å². The fourth-order valence-corrected chi connectivity index (χ4v) is 5.63. The summed E-state index contributed by atoms with van der Waals surface area (Å²) in [6.07, 6.45) is -0.254. The third-order valence-corrected chi connectivity index (χ3v) is 8.02. The third kappa shape index (κ3) is 14.5. The Morgan fingerprint density at radius 1 is 0.981 bits per heavy atom. The van der Waals surface area contributed by atoms with Gasteiger partial charge in [-0.15, -0.1) is 11.3 Å². The molecule has 1 aliphatic heterocycles. The van der Waals surface area contributed by atoms with Gasteiger partial charge in [0.25, 0.3) is 11.8 Å². The summed E-state index contributed by atoms with van der Waals surface area (Å²) in [5.41, 5.74) is 2.56. The van der Waals surface area contributed by atoms with E-state index >= 15 is 0 Å². The second kappa shape index (κ2) is 17.5. The number of hydrogen-bond acceptors (Lipinski definition) is 17. The highest BCUT2D eigenvalue weighted by molar-refractivity contribution is 7.84. The maximum atomic E-state index is 13.7. The fraction of sp³-hybridized carbons (Fsp3) is 0.645. The predicted molar refractivity (Wildman–Crippen MR) is 194 cm³/mol. The van der Waals surface area contributed by atoms with Crippen molar-refractivity contribution in [1.29, 1.82) is 5.53 Å². The summed E-state index contributed by atoms with van der Waals surface area (Å²) in [5.74, 6) is -3.15. The van der Waals surface area contributed by atoms with E-state index in [0.717, 1.165) is 11.3 Å². The number of esters is 1. The Bertz CT molecular complexity index is 1750. The van der Waals surface area contributed by atoms with Crippen molar-refractivity contribution in [2.75, 3.05) is 18.4 Å². The molecular weight excluding hydrogens is 755 g/mol. The smallest absolute Gasteiger partial charge is 0.413 e. The molecule has 21 nitrogen and oxygen atoms in total. The molecule has 0 aliphatic carbocycles. The molecule has 0 saturated carbocycles. The van der Waals surface area contributed by atoms with Gasteiger partial charge in [-0.25, -0.2) is 29.2 Å². The SMILES string of the molecule is CC(C)(C)OC(=O)NCC/C(=C/NC[C@@H]1[C@H](NC(=O)/C(=N\OC(C)(C)C(=O)OC(C)(C)C)c2csc(NC(=O)OC(C)(C)C)n2)C(=O)N1S(=O)(=O)O)N=N. The molecule has 2 heterocycles. The van der Waals surface area contributed by atoms with Gasteiger partial charge < -0.3 is 35.0 Å². The lowest BCUT2D eigenvalue weighted by atomic mass is 9.98. The lowest BCUT2D eigenvalue weighted by Gasteiger charge is -2.44. The van der Waals surface area contributed by atoms with E-state index in [2.05, 4.69) is 36.5 Å². The summed E-state index contributed by atoms with van der Waals surface area (Å²) < 4.78 is 49.8. The largest absolute Gasteiger partial charge is 0.457 e. The highest BCUT2D eigenvalue weighted by Gasteiger charge is 2.54. The van der Waals surface area contributed by atoms with Crippen LogP contribution in [-0.2, 0) is 43.7 Å². The molecule has 1 saturated heterocycles. The van der Waals surface area contributed by atoms with E-state index in [-0.39, 0.29) is 40.3 Å². The summed E-state index contributed by atoms with van der Waals surface area (Å²) in [7, 11) is -5.10. The zero-order valence-electron chi connectivity index (χ0n) is 32.0. The van der Waals surface area contributed by atoms with Gasteiger partial charge in [-0.1, -0.05) is 5.16 Å². The first-order valence-corrected chi connectivity index (χ1v) is 18.6. The molecule has 1 aromatic rings.